The Bertz CT molecular complexity index is 1020. The third-order valence-electron chi connectivity index (χ3n) is 6.50. The molecule has 0 heterocycles. The first-order valence-corrected chi connectivity index (χ1v) is 11.2. The molecule has 1 N–H and O–H groups in total. The van der Waals surface area contributed by atoms with Crippen LogP contribution in [0.5, 0.6) is 5.75 Å². The van der Waals surface area contributed by atoms with Crippen LogP contribution in [0.2, 0.25) is 0 Å². The molecule has 3 atom stereocenters. The van der Waals surface area contributed by atoms with Crippen molar-refractivity contribution in [2.45, 2.75) is 39.2 Å². The predicted molar refractivity (Wildman–Crippen MR) is 121 cm³/mol. The molecule has 0 aromatic heterocycles. The maximum absolute atomic E-state index is 12.5. The largest absolute Gasteiger partial charge is 0.488 e. The number of carbonyl (C=O) groups is 1. The highest BCUT2D eigenvalue weighted by atomic mass is 79.9. The zero-order valence-corrected chi connectivity index (χ0v) is 18.8. The van der Waals surface area contributed by atoms with Gasteiger partial charge in [0.25, 0.3) is 5.69 Å². The van der Waals surface area contributed by atoms with Gasteiger partial charge >= 0.3 is 0 Å². The number of fused-ring (bicyclic) bond motifs is 1. The summed E-state index contributed by atoms with van der Waals surface area (Å²) in [4.78, 5) is 22.8. The van der Waals surface area contributed by atoms with E-state index in [1.54, 1.807) is 18.3 Å². The molecule has 2 aliphatic carbocycles. The van der Waals surface area contributed by atoms with Crippen LogP contribution >= 0.6 is 15.9 Å². The van der Waals surface area contributed by atoms with Crippen LogP contribution in [0.1, 0.15) is 43.7 Å². The lowest BCUT2D eigenvalue weighted by molar-refractivity contribution is -0.384. The Balaban J connectivity index is 1.30. The highest BCUT2D eigenvalue weighted by Gasteiger charge is 2.64. The van der Waals surface area contributed by atoms with E-state index in [4.69, 9.17) is 4.74 Å². The number of halogens is 1. The average Bonchev–Trinajstić information content (AvgIpc) is 3.39. The second-order valence-electron chi connectivity index (χ2n) is 8.47. The van der Waals surface area contributed by atoms with E-state index in [-0.39, 0.29) is 22.9 Å². The fourth-order valence-corrected chi connectivity index (χ4v) is 5.19. The lowest BCUT2D eigenvalue weighted by Gasteiger charge is -2.15. The van der Waals surface area contributed by atoms with E-state index >= 15 is 0 Å². The van der Waals surface area contributed by atoms with Crippen molar-refractivity contribution in [2.75, 3.05) is 0 Å². The van der Waals surface area contributed by atoms with E-state index in [1.165, 1.54) is 25.0 Å². The molecule has 7 nitrogen and oxygen atoms in total. The van der Waals surface area contributed by atoms with Crippen molar-refractivity contribution in [3.05, 3.63) is 68.2 Å². The van der Waals surface area contributed by atoms with Gasteiger partial charge in [0.1, 0.15) is 12.4 Å². The SMILES string of the molecule is C[C@]12CCCC[C@H]1[C@@H]2C(=O)N/N=C\c1ccc(OCc2ccc([N+](=O)[O-])cc2)c(Br)c1. The Morgan fingerprint density at radius 2 is 2.10 bits per heavy atom. The molecular weight excluding hydrogens is 462 g/mol. The molecule has 0 spiro atoms. The van der Waals surface area contributed by atoms with Crippen molar-refractivity contribution in [1.82, 2.24) is 5.43 Å². The quantitative estimate of drug-likeness (QED) is 0.330. The molecule has 4 rings (SSSR count). The topological polar surface area (TPSA) is 93.8 Å². The number of non-ortho nitro benzene ring substituents is 1. The van der Waals surface area contributed by atoms with Crippen LogP contribution in [0.15, 0.2) is 52.0 Å². The normalized spacial score (nSPS) is 24.5. The van der Waals surface area contributed by atoms with Gasteiger partial charge in [0.15, 0.2) is 0 Å². The molecule has 2 saturated carbocycles. The highest BCUT2D eigenvalue weighted by molar-refractivity contribution is 9.10. The summed E-state index contributed by atoms with van der Waals surface area (Å²) in [6.07, 6.45) is 6.34. The number of benzene rings is 2. The van der Waals surface area contributed by atoms with Crippen molar-refractivity contribution in [2.24, 2.45) is 22.4 Å². The number of nitrogens with one attached hydrogen (secondary N) is 1. The van der Waals surface area contributed by atoms with Crippen molar-refractivity contribution < 1.29 is 14.5 Å². The number of hydrogen-bond donors (Lipinski definition) is 1. The number of ether oxygens (including phenoxy) is 1. The predicted octanol–water partition coefficient (Wildman–Crippen LogP) is 5.21. The van der Waals surface area contributed by atoms with Gasteiger partial charge in [0.2, 0.25) is 5.91 Å². The summed E-state index contributed by atoms with van der Waals surface area (Å²) in [7, 11) is 0. The highest BCUT2D eigenvalue weighted by Crippen LogP contribution is 2.66. The minimum atomic E-state index is -0.429. The Hall–Kier alpha value is -2.74. The van der Waals surface area contributed by atoms with Gasteiger partial charge in [-0.15, -0.1) is 0 Å². The third-order valence-corrected chi connectivity index (χ3v) is 7.12. The van der Waals surface area contributed by atoms with E-state index in [9.17, 15) is 14.9 Å². The van der Waals surface area contributed by atoms with Crippen LogP contribution in [0.25, 0.3) is 0 Å². The molecule has 31 heavy (non-hydrogen) atoms. The summed E-state index contributed by atoms with van der Waals surface area (Å²) in [6, 6.07) is 11.8. The number of nitro benzene ring substituents is 1. The van der Waals surface area contributed by atoms with Gasteiger partial charge in [0.05, 0.1) is 15.6 Å². The van der Waals surface area contributed by atoms with Crippen molar-refractivity contribution in [3.8, 4) is 5.75 Å². The van der Waals surface area contributed by atoms with Crippen LogP contribution in [0.3, 0.4) is 0 Å². The smallest absolute Gasteiger partial charge is 0.269 e. The average molecular weight is 486 g/mol. The first kappa shape index (κ1) is 21.5. The number of nitrogens with zero attached hydrogens (tertiary/aromatic N) is 2. The minimum Gasteiger partial charge on any atom is -0.488 e. The Labute approximate surface area is 189 Å². The standard InChI is InChI=1S/C23H24BrN3O4/c1-23-11-3-2-4-18(23)21(23)22(28)26-25-13-16-7-10-20(19(24)12-16)31-14-15-5-8-17(9-6-15)27(29)30/h5-10,12-13,18,21H,2-4,11,14H2,1H3,(H,26,28)/b25-13-/t18-,21+,23-/m0/s1. The van der Waals surface area contributed by atoms with Gasteiger partial charge < -0.3 is 4.74 Å². The molecule has 0 aliphatic heterocycles. The zero-order valence-electron chi connectivity index (χ0n) is 17.2. The molecule has 2 fully saturated rings. The third kappa shape index (κ3) is 4.63. The van der Waals surface area contributed by atoms with Crippen molar-refractivity contribution in [1.29, 1.82) is 0 Å². The molecule has 8 heteroatoms. The van der Waals surface area contributed by atoms with Crippen LogP contribution in [-0.2, 0) is 11.4 Å². The number of hydrogen-bond acceptors (Lipinski definition) is 5. The van der Waals surface area contributed by atoms with Gasteiger partial charge in [-0.25, -0.2) is 5.43 Å². The molecular formula is C23H24BrN3O4. The lowest BCUT2D eigenvalue weighted by atomic mass is 9.90. The Morgan fingerprint density at radius 3 is 2.74 bits per heavy atom. The van der Waals surface area contributed by atoms with Crippen LogP contribution in [0.4, 0.5) is 5.69 Å². The fourth-order valence-electron chi connectivity index (χ4n) is 4.68. The minimum absolute atomic E-state index is 0.0211. The molecule has 2 aliphatic rings. The van der Waals surface area contributed by atoms with Crippen LogP contribution in [0, 0.1) is 27.4 Å². The molecule has 2 aromatic carbocycles. The fraction of sp³-hybridized carbons (Fsp3) is 0.391. The summed E-state index contributed by atoms with van der Waals surface area (Å²) in [5.41, 5.74) is 4.59. The monoisotopic (exact) mass is 485 g/mol. The van der Waals surface area contributed by atoms with Gasteiger partial charge in [0, 0.05) is 18.1 Å². The number of amides is 1. The summed E-state index contributed by atoms with van der Waals surface area (Å²) >= 11 is 3.49. The second kappa shape index (κ2) is 8.78. The number of hydrazone groups is 1. The number of carbonyl (C=O) groups excluding carboxylic acids is 1. The maximum Gasteiger partial charge on any atom is 0.269 e. The number of rotatable bonds is 7. The molecule has 0 radical (unpaired) electrons. The van der Waals surface area contributed by atoms with E-state index in [0.29, 0.717) is 18.3 Å². The van der Waals surface area contributed by atoms with Gasteiger partial charge in [-0.05, 0) is 81.6 Å². The first-order valence-electron chi connectivity index (χ1n) is 10.4. The summed E-state index contributed by atoms with van der Waals surface area (Å²) in [6.45, 7) is 2.51. The van der Waals surface area contributed by atoms with Crippen LogP contribution in [-0.4, -0.2) is 17.0 Å². The van der Waals surface area contributed by atoms with Crippen molar-refractivity contribution >= 4 is 33.7 Å². The Kier molecular flexibility index (Phi) is 6.09. The lowest BCUT2D eigenvalue weighted by Crippen LogP contribution is -2.22. The van der Waals surface area contributed by atoms with E-state index in [0.717, 1.165) is 28.4 Å². The second-order valence-corrected chi connectivity index (χ2v) is 9.33. The van der Waals surface area contributed by atoms with E-state index < -0.39 is 4.92 Å². The summed E-state index contributed by atoms with van der Waals surface area (Å²) in [5.74, 6) is 1.27. The van der Waals surface area contributed by atoms with Crippen LogP contribution < -0.4 is 10.2 Å². The molecule has 2 aromatic rings. The molecule has 1 amide bonds. The van der Waals surface area contributed by atoms with E-state index in [1.807, 2.05) is 18.2 Å². The molecule has 162 valence electrons. The van der Waals surface area contributed by atoms with E-state index in [2.05, 4.69) is 33.4 Å². The first-order chi connectivity index (χ1) is 14.9. The maximum atomic E-state index is 12.5. The molecule has 0 saturated heterocycles. The molecule has 0 unspecified atom stereocenters. The van der Waals surface area contributed by atoms with Gasteiger partial charge in [-0.1, -0.05) is 19.8 Å². The Morgan fingerprint density at radius 1 is 1.32 bits per heavy atom. The van der Waals surface area contributed by atoms with Crippen molar-refractivity contribution in [3.63, 3.8) is 0 Å². The van der Waals surface area contributed by atoms with Gasteiger partial charge in [-0.3, -0.25) is 14.9 Å². The number of nitro groups is 1. The molecule has 0 bridgehead atoms. The summed E-state index contributed by atoms with van der Waals surface area (Å²) < 4.78 is 6.55. The zero-order chi connectivity index (χ0) is 22.0. The summed E-state index contributed by atoms with van der Waals surface area (Å²) in [5, 5.41) is 14.9. The van der Waals surface area contributed by atoms with Gasteiger partial charge in [-0.2, -0.15) is 5.10 Å².